The molecule has 4 heterocycles. The summed E-state index contributed by atoms with van der Waals surface area (Å²) in [6, 6.07) is 4.29. The number of piperazine rings is 1. The zero-order chi connectivity index (χ0) is 22.4. The smallest absolute Gasteiger partial charge is 0.225 e. The normalized spacial score (nSPS) is 28.3. The average molecular weight is 450 g/mol. The Balaban J connectivity index is 1.17. The average Bonchev–Trinajstić information content (AvgIpc) is 3.62. The molecule has 174 valence electrons. The minimum Gasteiger partial charge on any atom is -0.366 e. The highest BCUT2D eigenvalue weighted by molar-refractivity contribution is 5.83. The molecule has 1 amide bonds. The fourth-order valence-electron chi connectivity index (χ4n) is 5.67. The Morgan fingerprint density at radius 2 is 2.00 bits per heavy atom. The number of hydrogen-bond acceptors (Lipinski definition) is 4. The van der Waals surface area contributed by atoms with Crippen molar-refractivity contribution in [2.24, 2.45) is 17.8 Å². The lowest BCUT2D eigenvalue weighted by atomic mass is 9.79. The summed E-state index contributed by atoms with van der Waals surface area (Å²) in [6.45, 7) is 4.67. The van der Waals surface area contributed by atoms with Gasteiger partial charge < -0.3 is 15.1 Å². The van der Waals surface area contributed by atoms with Gasteiger partial charge in [0.1, 0.15) is 6.17 Å². The summed E-state index contributed by atoms with van der Waals surface area (Å²) in [5.41, 5.74) is 4.59. The SMILES string of the molecule is O=C(C1CC1)N1CCN(c2ccnn3cc(C4=CCC(C5CCNCC5F)C=C4)cc23)CC1. The lowest BCUT2D eigenvalue weighted by Crippen LogP contribution is -2.49. The van der Waals surface area contributed by atoms with Gasteiger partial charge in [0.05, 0.1) is 11.2 Å². The van der Waals surface area contributed by atoms with E-state index >= 15 is 0 Å². The molecule has 0 radical (unpaired) electrons. The molecule has 3 unspecified atom stereocenters. The van der Waals surface area contributed by atoms with E-state index < -0.39 is 6.17 Å². The molecule has 6 nitrogen and oxygen atoms in total. The summed E-state index contributed by atoms with van der Waals surface area (Å²) in [5.74, 6) is 1.04. The fraction of sp³-hybridized carbons (Fsp3) is 0.538. The quantitative estimate of drug-likeness (QED) is 0.778. The molecule has 7 heteroatoms. The third-order valence-electron chi connectivity index (χ3n) is 7.82. The highest BCUT2D eigenvalue weighted by atomic mass is 19.1. The van der Waals surface area contributed by atoms with Crippen molar-refractivity contribution in [3.8, 4) is 0 Å². The van der Waals surface area contributed by atoms with Crippen molar-refractivity contribution in [3.05, 3.63) is 48.3 Å². The Bertz CT molecular complexity index is 1100. The molecule has 3 fully saturated rings. The molecule has 4 aliphatic rings. The second-order valence-corrected chi connectivity index (χ2v) is 9.95. The molecule has 1 saturated carbocycles. The summed E-state index contributed by atoms with van der Waals surface area (Å²) >= 11 is 0. The second-order valence-electron chi connectivity index (χ2n) is 9.95. The maximum Gasteiger partial charge on any atom is 0.225 e. The van der Waals surface area contributed by atoms with Crippen molar-refractivity contribution in [2.45, 2.75) is 31.9 Å². The maximum atomic E-state index is 14.4. The van der Waals surface area contributed by atoms with Gasteiger partial charge >= 0.3 is 0 Å². The number of piperidine rings is 1. The number of hydrogen-bond donors (Lipinski definition) is 1. The molecule has 2 aliphatic carbocycles. The molecule has 33 heavy (non-hydrogen) atoms. The van der Waals surface area contributed by atoms with E-state index in [2.05, 4.69) is 51.9 Å². The summed E-state index contributed by atoms with van der Waals surface area (Å²) in [7, 11) is 0. The minimum absolute atomic E-state index is 0.118. The number of nitrogens with zero attached hydrogens (tertiary/aromatic N) is 4. The first kappa shape index (κ1) is 20.9. The van der Waals surface area contributed by atoms with Crippen LogP contribution in [0.1, 0.15) is 31.2 Å². The molecule has 2 aromatic rings. The van der Waals surface area contributed by atoms with Gasteiger partial charge in [0.2, 0.25) is 5.91 Å². The Hall–Kier alpha value is -2.67. The number of anilines is 1. The van der Waals surface area contributed by atoms with Gasteiger partial charge in [-0.3, -0.25) is 4.79 Å². The van der Waals surface area contributed by atoms with Crippen LogP contribution in [0.25, 0.3) is 11.1 Å². The van der Waals surface area contributed by atoms with Crippen molar-refractivity contribution >= 4 is 22.7 Å². The third kappa shape index (κ3) is 4.07. The largest absolute Gasteiger partial charge is 0.366 e. The van der Waals surface area contributed by atoms with E-state index in [1.165, 1.54) is 11.3 Å². The summed E-state index contributed by atoms with van der Waals surface area (Å²) < 4.78 is 16.3. The molecule has 1 N–H and O–H groups in total. The van der Waals surface area contributed by atoms with E-state index in [0.717, 1.165) is 69.5 Å². The standard InChI is InChI=1S/C26H32FN5O/c27-23-16-28-9-7-22(23)19-3-1-18(2-4-19)21-15-25-24(8-10-29-32(25)17-21)30-11-13-31(14-12-30)26(33)20-5-6-20/h1-3,8,10,15,17,19-20,22-23,28H,4-7,9,11-14,16H2. The number of carbonyl (C=O) groups excluding carboxylic acids is 1. The van der Waals surface area contributed by atoms with Gasteiger partial charge in [-0.1, -0.05) is 18.2 Å². The van der Waals surface area contributed by atoms with E-state index in [1.807, 2.05) is 15.6 Å². The van der Waals surface area contributed by atoms with Crippen LogP contribution >= 0.6 is 0 Å². The van der Waals surface area contributed by atoms with Gasteiger partial charge in [0, 0.05) is 56.6 Å². The topological polar surface area (TPSA) is 52.9 Å². The number of carbonyl (C=O) groups is 1. The Kier molecular flexibility index (Phi) is 5.45. The van der Waals surface area contributed by atoms with Gasteiger partial charge in [-0.2, -0.15) is 5.10 Å². The van der Waals surface area contributed by atoms with Gasteiger partial charge in [0.15, 0.2) is 0 Å². The maximum absolute atomic E-state index is 14.4. The highest BCUT2D eigenvalue weighted by Gasteiger charge is 2.35. The van der Waals surface area contributed by atoms with Crippen LogP contribution in [0.15, 0.2) is 42.8 Å². The number of halogens is 1. The van der Waals surface area contributed by atoms with E-state index in [-0.39, 0.29) is 11.8 Å². The van der Waals surface area contributed by atoms with Gasteiger partial charge in [-0.05, 0) is 61.8 Å². The van der Waals surface area contributed by atoms with Crippen molar-refractivity contribution in [1.82, 2.24) is 19.8 Å². The lowest BCUT2D eigenvalue weighted by Gasteiger charge is -2.36. The van der Waals surface area contributed by atoms with Crippen LogP contribution < -0.4 is 10.2 Å². The molecule has 0 aromatic carbocycles. The van der Waals surface area contributed by atoms with Crippen molar-refractivity contribution < 1.29 is 9.18 Å². The second kappa shape index (κ2) is 8.60. The molecule has 2 aliphatic heterocycles. The predicted octanol–water partition coefficient (Wildman–Crippen LogP) is 3.30. The summed E-state index contributed by atoms with van der Waals surface area (Å²) in [4.78, 5) is 16.8. The van der Waals surface area contributed by atoms with Crippen LogP contribution in [0.5, 0.6) is 0 Å². The Morgan fingerprint density at radius 3 is 2.73 bits per heavy atom. The van der Waals surface area contributed by atoms with Crippen molar-refractivity contribution in [1.29, 1.82) is 0 Å². The first-order chi connectivity index (χ1) is 16.2. The molecule has 6 rings (SSSR count). The van der Waals surface area contributed by atoms with Gasteiger partial charge in [-0.25, -0.2) is 8.91 Å². The van der Waals surface area contributed by atoms with Gasteiger partial charge in [-0.15, -0.1) is 0 Å². The Labute approximate surface area is 194 Å². The van der Waals surface area contributed by atoms with Crippen LogP contribution in [0.4, 0.5) is 10.1 Å². The number of nitrogens with one attached hydrogen (secondary N) is 1. The molecule has 2 saturated heterocycles. The number of aromatic nitrogens is 2. The van der Waals surface area contributed by atoms with Gasteiger partial charge in [0.25, 0.3) is 0 Å². The zero-order valence-electron chi connectivity index (χ0n) is 19.0. The molecule has 0 spiro atoms. The lowest BCUT2D eigenvalue weighted by molar-refractivity contribution is -0.132. The first-order valence-electron chi connectivity index (χ1n) is 12.4. The van der Waals surface area contributed by atoms with Crippen molar-refractivity contribution in [3.63, 3.8) is 0 Å². The Morgan fingerprint density at radius 1 is 1.15 bits per heavy atom. The number of alkyl halides is 1. The van der Waals surface area contributed by atoms with Crippen LogP contribution in [0, 0.1) is 17.8 Å². The summed E-state index contributed by atoms with van der Waals surface area (Å²) in [6.07, 6.45) is 13.7. The first-order valence-corrected chi connectivity index (χ1v) is 12.4. The van der Waals surface area contributed by atoms with Crippen LogP contribution in [0.2, 0.25) is 0 Å². The van der Waals surface area contributed by atoms with Crippen LogP contribution in [-0.4, -0.2) is 65.9 Å². The molecule has 2 aromatic heterocycles. The van der Waals surface area contributed by atoms with Crippen LogP contribution in [-0.2, 0) is 4.79 Å². The number of rotatable bonds is 4. The monoisotopic (exact) mass is 449 g/mol. The minimum atomic E-state index is -0.757. The third-order valence-corrected chi connectivity index (χ3v) is 7.82. The van der Waals surface area contributed by atoms with Crippen LogP contribution in [0.3, 0.4) is 0 Å². The van der Waals surface area contributed by atoms with E-state index in [1.54, 1.807) is 0 Å². The summed E-state index contributed by atoms with van der Waals surface area (Å²) in [5, 5.41) is 7.70. The number of amides is 1. The van der Waals surface area contributed by atoms with E-state index in [0.29, 0.717) is 18.4 Å². The van der Waals surface area contributed by atoms with E-state index in [9.17, 15) is 9.18 Å². The predicted molar refractivity (Wildman–Crippen MR) is 128 cm³/mol. The highest BCUT2D eigenvalue weighted by Crippen LogP contribution is 2.35. The number of allylic oxidation sites excluding steroid dienone is 4. The fourth-order valence-corrected chi connectivity index (χ4v) is 5.67. The van der Waals surface area contributed by atoms with Crippen molar-refractivity contribution in [2.75, 3.05) is 44.2 Å². The number of fused-ring (bicyclic) bond motifs is 1. The molecule has 0 bridgehead atoms. The zero-order valence-corrected chi connectivity index (χ0v) is 19.0. The molecule has 3 atom stereocenters. The van der Waals surface area contributed by atoms with E-state index in [4.69, 9.17) is 0 Å². The molecular formula is C26H32FN5O. The molecular weight excluding hydrogens is 417 g/mol.